The molecule has 0 unspecified atom stereocenters. The summed E-state index contributed by atoms with van der Waals surface area (Å²) in [4.78, 5) is 12.1. The fraction of sp³-hybridized carbons (Fsp3) is 0.308. The van der Waals surface area contributed by atoms with Gasteiger partial charge in [-0.3, -0.25) is 14.2 Å². The third-order valence-electron chi connectivity index (χ3n) is 8.05. The summed E-state index contributed by atoms with van der Waals surface area (Å²) in [6.07, 6.45) is 0. The lowest BCUT2D eigenvalue weighted by Crippen LogP contribution is -2.16. The van der Waals surface area contributed by atoms with E-state index in [1.54, 1.807) is 54.6 Å². The van der Waals surface area contributed by atoms with Crippen LogP contribution in [0.3, 0.4) is 0 Å². The summed E-state index contributed by atoms with van der Waals surface area (Å²) in [5, 5.41) is 0.941. The highest BCUT2D eigenvalue weighted by atomic mass is 35.5. The fourth-order valence-electron chi connectivity index (χ4n) is 4.76. The number of hydrogen-bond donors (Lipinski definition) is 2. The Bertz CT molecular complexity index is 2110. The molecule has 0 aromatic heterocycles. The van der Waals surface area contributed by atoms with E-state index < -0.39 is 20.0 Å². The van der Waals surface area contributed by atoms with Crippen molar-refractivity contribution in [3.63, 3.8) is 0 Å². The molecule has 0 aliphatic carbocycles. The highest BCUT2D eigenvalue weighted by molar-refractivity contribution is 7.93. The van der Waals surface area contributed by atoms with E-state index >= 15 is 0 Å². The summed E-state index contributed by atoms with van der Waals surface area (Å²) in [5.41, 5.74) is 5.88. The normalized spacial score (nSPS) is 12.0. The molecule has 0 fully saturated rings. The maximum atomic E-state index is 12.8. The number of Topliss-reactive ketones (excluding diaryl/α,β-unsaturated/α-hetero) is 1. The first kappa shape index (κ1) is 40.8. The molecule has 0 heterocycles. The average molecular weight is 758 g/mol. The van der Waals surface area contributed by atoms with Gasteiger partial charge >= 0.3 is 0 Å². The molecule has 2 N–H and O–H groups in total. The first-order valence-electron chi connectivity index (χ1n) is 15.9. The number of hydrogen-bond acceptors (Lipinski definition) is 5. The second-order valence-electron chi connectivity index (χ2n) is 14.3. The van der Waals surface area contributed by atoms with Gasteiger partial charge in [0.25, 0.3) is 20.0 Å². The van der Waals surface area contributed by atoms with Gasteiger partial charge in [0.1, 0.15) is 0 Å². The number of anilines is 2. The fourth-order valence-corrected chi connectivity index (χ4v) is 7.26. The Balaban J connectivity index is 0.000000271. The van der Waals surface area contributed by atoms with Gasteiger partial charge in [0.15, 0.2) is 5.78 Å². The van der Waals surface area contributed by atoms with Crippen molar-refractivity contribution in [1.82, 2.24) is 0 Å². The second-order valence-corrected chi connectivity index (χ2v) is 18.6. The standard InChI is InChI=1S/C21H26ClNO2S.C18H20ClNO3S/c1-14(2)15(3)19-13-17(22)9-12-20(19)23-26(24,25)18-10-7-16(8-11-18)21(4,5)6;1-12(21)16-11-14(19)7-10-17(16)20-24(22,23)15-8-5-13(6-9-15)18(2,3)4/h7-13,23H,1-6H3;5-11,20H,1-4H3. The van der Waals surface area contributed by atoms with E-state index in [1.165, 1.54) is 25.1 Å². The SMILES string of the molecule is CC(=O)c1cc(Cl)ccc1NS(=O)(=O)c1ccc(C(C)(C)C)cc1.CC(C)=C(C)c1cc(Cl)ccc1NS(=O)(=O)c1ccc(C(C)(C)C)cc1. The molecule has 4 aromatic carbocycles. The van der Waals surface area contributed by atoms with Gasteiger partial charge in [-0.25, -0.2) is 16.8 Å². The van der Waals surface area contributed by atoms with E-state index in [4.69, 9.17) is 23.2 Å². The predicted octanol–water partition coefficient (Wildman–Crippen LogP) is 10.9. The van der Waals surface area contributed by atoms with E-state index in [2.05, 4.69) is 51.0 Å². The summed E-state index contributed by atoms with van der Waals surface area (Å²) in [6.45, 7) is 19.7. The molecule has 0 atom stereocenters. The Morgan fingerprint density at radius 1 is 0.540 bits per heavy atom. The van der Waals surface area contributed by atoms with Crippen LogP contribution in [0.5, 0.6) is 0 Å². The molecule has 0 spiro atoms. The smallest absolute Gasteiger partial charge is 0.261 e. The lowest BCUT2D eigenvalue weighted by atomic mass is 9.87. The highest BCUT2D eigenvalue weighted by Gasteiger charge is 2.21. The minimum Gasteiger partial charge on any atom is -0.294 e. The van der Waals surface area contributed by atoms with E-state index in [1.807, 2.05) is 32.9 Å². The molecular weight excluding hydrogens is 711 g/mol. The molecule has 0 bridgehead atoms. The zero-order chi connectivity index (χ0) is 37.8. The summed E-state index contributed by atoms with van der Waals surface area (Å²) in [5.74, 6) is -0.265. The monoisotopic (exact) mass is 756 g/mol. The molecule has 0 amide bonds. The third-order valence-corrected chi connectivity index (χ3v) is 11.3. The van der Waals surface area contributed by atoms with Gasteiger partial charge in [-0.2, -0.15) is 0 Å². The van der Waals surface area contributed by atoms with Crippen LogP contribution in [0.4, 0.5) is 11.4 Å². The molecule has 0 saturated heterocycles. The molecule has 11 heteroatoms. The van der Waals surface area contributed by atoms with Gasteiger partial charge < -0.3 is 0 Å². The van der Waals surface area contributed by atoms with Crippen molar-refractivity contribution >= 4 is 66.0 Å². The van der Waals surface area contributed by atoms with Crippen LogP contribution in [0.2, 0.25) is 10.0 Å². The van der Waals surface area contributed by atoms with Crippen LogP contribution in [0.1, 0.15) is 96.3 Å². The number of benzene rings is 4. The van der Waals surface area contributed by atoms with Crippen molar-refractivity contribution in [2.24, 2.45) is 0 Å². The average Bonchev–Trinajstić information content (AvgIpc) is 3.01. The number of sulfonamides is 2. The molecule has 0 aliphatic heterocycles. The maximum absolute atomic E-state index is 12.8. The van der Waals surface area contributed by atoms with Crippen LogP contribution in [0.15, 0.2) is 100 Å². The molecule has 50 heavy (non-hydrogen) atoms. The van der Waals surface area contributed by atoms with Crippen molar-refractivity contribution in [2.45, 2.75) is 89.9 Å². The molecule has 0 aliphatic rings. The van der Waals surface area contributed by atoms with Crippen LogP contribution in [0, 0.1) is 0 Å². The first-order valence-corrected chi connectivity index (χ1v) is 19.7. The lowest BCUT2D eigenvalue weighted by Gasteiger charge is -2.19. The second kappa shape index (κ2) is 15.7. The largest absolute Gasteiger partial charge is 0.294 e. The van der Waals surface area contributed by atoms with Crippen LogP contribution in [-0.2, 0) is 30.9 Å². The number of allylic oxidation sites excluding steroid dienone is 2. The summed E-state index contributed by atoms with van der Waals surface area (Å²) in [6, 6.07) is 23.4. The third kappa shape index (κ3) is 10.7. The Labute approximate surface area is 308 Å². The van der Waals surface area contributed by atoms with Crippen molar-refractivity contribution in [2.75, 3.05) is 9.44 Å². The molecule has 4 aromatic rings. The van der Waals surface area contributed by atoms with Crippen molar-refractivity contribution in [1.29, 1.82) is 0 Å². The summed E-state index contributed by atoms with van der Waals surface area (Å²) in [7, 11) is -7.48. The Morgan fingerprint density at radius 2 is 0.880 bits per heavy atom. The number of nitrogens with one attached hydrogen (secondary N) is 2. The lowest BCUT2D eigenvalue weighted by molar-refractivity contribution is 0.101. The minimum absolute atomic E-state index is 0.0281. The Morgan fingerprint density at radius 3 is 1.20 bits per heavy atom. The number of halogens is 2. The zero-order valence-corrected chi connectivity index (χ0v) is 33.3. The van der Waals surface area contributed by atoms with Gasteiger partial charge in [0.2, 0.25) is 0 Å². The van der Waals surface area contributed by atoms with Gasteiger partial charge in [-0.05, 0) is 116 Å². The number of carbonyl (C=O) groups excluding carboxylic acids is 1. The Hall–Kier alpha value is -3.63. The van der Waals surface area contributed by atoms with Crippen LogP contribution in [0.25, 0.3) is 5.57 Å². The molecule has 4 rings (SSSR count). The highest BCUT2D eigenvalue weighted by Crippen LogP contribution is 2.32. The van der Waals surface area contributed by atoms with Crippen molar-refractivity contribution in [3.05, 3.63) is 123 Å². The van der Waals surface area contributed by atoms with E-state index in [-0.39, 0.29) is 37.7 Å². The van der Waals surface area contributed by atoms with Crippen LogP contribution < -0.4 is 9.44 Å². The van der Waals surface area contributed by atoms with E-state index in [9.17, 15) is 21.6 Å². The quantitative estimate of drug-likeness (QED) is 0.174. The number of rotatable bonds is 8. The van der Waals surface area contributed by atoms with Crippen LogP contribution >= 0.6 is 23.2 Å². The Kier molecular flexibility index (Phi) is 12.8. The maximum Gasteiger partial charge on any atom is 0.261 e. The van der Waals surface area contributed by atoms with Crippen molar-refractivity contribution < 1.29 is 21.6 Å². The van der Waals surface area contributed by atoms with Gasteiger partial charge in [-0.1, -0.05) is 94.6 Å². The van der Waals surface area contributed by atoms with Gasteiger partial charge in [0, 0.05) is 21.2 Å². The molecule has 0 radical (unpaired) electrons. The molecule has 0 saturated carbocycles. The van der Waals surface area contributed by atoms with E-state index in [0.29, 0.717) is 15.7 Å². The molecular formula is C39H46Cl2N2O5S2. The van der Waals surface area contributed by atoms with Gasteiger partial charge in [0.05, 0.1) is 21.2 Å². The first-order chi connectivity index (χ1) is 22.9. The predicted molar refractivity (Wildman–Crippen MR) is 209 cm³/mol. The zero-order valence-electron chi connectivity index (χ0n) is 30.2. The minimum atomic E-state index is -3.79. The van der Waals surface area contributed by atoms with Crippen LogP contribution in [-0.4, -0.2) is 22.6 Å². The van der Waals surface area contributed by atoms with E-state index in [0.717, 1.165) is 27.8 Å². The van der Waals surface area contributed by atoms with Gasteiger partial charge in [-0.15, -0.1) is 0 Å². The van der Waals surface area contributed by atoms with Crippen molar-refractivity contribution in [3.8, 4) is 0 Å². The molecule has 7 nitrogen and oxygen atoms in total. The number of ketones is 1. The molecule has 268 valence electrons. The number of carbonyl (C=O) groups is 1. The topological polar surface area (TPSA) is 109 Å². The summed E-state index contributed by atoms with van der Waals surface area (Å²) < 4.78 is 56.0. The summed E-state index contributed by atoms with van der Waals surface area (Å²) >= 11 is 12.0.